The molecule has 2 nitrogen and oxygen atoms in total. The van der Waals surface area contributed by atoms with E-state index in [0.29, 0.717) is 5.69 Å². The van der Waals surface area contributed by atoms with Crippen LogP contribution in [-0.2, 0) is 0 Å². The maximum absolute atomic E-state index is 14.1. The topological polar surface area (TPSA) is 35.8 Å². The smallest absolute Gasteiger partial charge is 0.162 e. The summed E-state index contributed by atoms with van der Waals surface area (Å²) in [5, 5.41) is 11.9. The van der Waals surface area contributed by atoms with Crippen molar-refractivity contribution in [2.24, 2.45) is 0 Å². The number of aryl methyl sites for hydroxylation is 2. The van der Waals surface area contributed by atoms with Gasteiger partial charge in [0.05, 0.1) is 15.7 Å². The minimum atomic E-state index is -0.460. The van der Waals surface area contributed by atoms with Gasteiger partial charge in [-0.15, -0.1) is 0 Å². The number of hydrogen-bond donors (Lipinski definition) is 1. The molecule has 4 heteroatoms. The molecule has 0 atom stereocenters. The van der Waals surface area contributed by atoms with E-state index in [9.17, 15) is 4.39 Å². The van der Waals surface area contributed by atoms with Gasteiger partial charge in [-0.3, -0.25) is 0 Å². The van der Waals surface area contributed by atoms with Crippen LogP contribution in [-0.4, -0.2) is 0 Å². The fourth-order valence-corrected chi connectivity index (χ4v) is 2.37. The maximum atomic E-state index is 14.1. The van der Waals surface area contributed by atoms with Gasteiger partial charge in [-0.05, 0) is 65.2 Å². The minimum absolute atomic E-state index is 0.185. The first kappa shape index (κ1) is 13.6. The highest BCUT2D eigenvalue weighted by atomic mass is 79.9. The zero-order valence-corrected chi connectivity index (χ0v) is 12.2. The van der Waals surface area contributed by atoms with Gasteiger partial charge in [-0.25, -0.2) is 4.39 Å². The third-order valence-electron chi connectivity index (χ3n) is 2.70. The van der Waals surface area contributed by atoms with E-state index < -0.39 is 5.82 Å². The summed E-state index contributed by atoms with van der Waals surface area (Å²) < 4.78 is 14.3. The Bertz CT molecular complexity index is 654. The third-order valence-corrected chi connectivity index (χ3v) is 3.48. The standard InChI is InChI=1S/C15H12BrFN2/c1-9-5-10(2)7-12(6-9)19-13-4-3-11(8-18)14(16)15(13)17/h3-7,19H,1-2H3. The molecule has 0 aromatic heterocycles. The van der Waals surface area contributed by atoms with Crippen LogP contribution < -0.4 is 5.32 Å². The Morgan fingerprint density at radius 3 is 2.37 bits per heavy atom. The molecule has 2 rings (SSSR count). The minimum Gasteiger partial charge on any atom is -0.353 e. The van der Waals surface area contributed by atoms with Gasteiger partial charge in [-0.1, -0.05) is 6.07 Å². The molecule has 0 aliphatic heterocycles. The fourth-order valence-electron chi connectivity index (χ4n) is 1.93. The normalized spacial score (nSPS) is 10.1. The van der Waals surface area contributed by atoms with E-state index in [4.69, 9.17) is 5.26 Å². The SMILES string of the molecule is Cc1cc(C)cc(Nc2ccc(C#N)c(Br)c2F)c1. The summed E-state index contributed by atoms with van der Waals surface area (Å²) in [6.45, 7) is 3.98. The van der Waals surface area contributed by atoms with Crippen LogP contribution in [0.2, 0.25) is 0 Å². The molecule has 0 aliphatic carbocycles. The summed E-state index contributed by atoms with van der Waals surface area (Å²) in [4.78, 5) is 0. The number of anilines is 2. The lowest BCUT2D eigenvalue weighted by molar-refractivity contribution is 0.624. The van der Waals surface area contributed by atoms with E-state index in [2.05, 4.69) is 27.3 Å². The highest BCUT2D eigenvalue weighted by Gasteiger charge is 2.11. The predicted molar refractivity (Wildman–Crippen MR) is 78.0 cm³/mol. The Balaban J connectivity index is 2.39. The van der Waals surface area contributed by atoms with Gasteiger partial charge in [0.25, 0.3) is 0 Å². The molecule has 0 amide bonds. The first-order valence-electron chi connectivity index (χ1n) is 5.74. The van der Waals surface area contributed by atoms with Gasteiger partial charge >= 0.3 is 0 Å². The second-order valence-corrected chi connectivity index (χ2v) is 5.19. The lowest BCUT2D eigenvalue weighted by atomic mass is 10.1. The van der Waals surface area contributed by atoms with Crippen LogP contribution in [0, 0.1) is 31.0 Å². The largest absolute Gasteiger partial charge is 0.353 e. The molecule has 0 spiro atoms. The third kappa shape index (κ3) is 2.94. The molecule has 0 fully saturated rings. The van der Waals surface area contributed by atoms with E-state index in [-0.39, 0.29) is 10.0 Å². The van der Waals surface area contributed by atoms with Crippen LogP contribution >= 0.6 is 15.9 Å². The number of nitrogens with zero attached hydrogens (tertiary/aromatic N) is 1. The van der Waals surface area contributed by atoms with Crippen molar-refractivity contribution in [3.63, 3.8) is 0 Å². The van der Waals surface area contributed by atoms with Crippen molar-refractivity contribution < 1.29 is 4.39 Å². The van der Waals surface area contributed by atoms with Crippen molar-refractivity contribution >= 4 is 27.3 Å². The Morgan fingerprint density at radius 1 is 1.16 bits per heavy atom. The van der Waals surface area contributed by atoms with Crippen LogP contribution in [0.4, 0.5) is 15.8 Å². The van der Waals surface area contributed by atoms with Gasteiger partial charge < -0.3 is 5.32 Å². The molecule has 96 valence electrons. The number of halogens is 2. The molecule has 0 saturated carbocycles. The molecule has 0 bridgehead atoms. The predicted octanol–water partition coefficient (Wildman–Crippen LogP) is 4.82. The van der Waals surface area contributed by atoms with Crippen LogP contribution in [0.3, 0.4) is 0 Å². The first-order chi connectivity index (χ1) is 9.01. The van der Waals surface area contributed by atoms with Crippen LogP contribution in [0.5, 0.6) is 0 Å². The van der Waals surface area contributed by atoms with Crippen molar-refractivity contribution in [2.45, 2.75) is 13.8 Å². The summed E-state index contributed by atoms with van der Waals surface area (Å²) in [6.07, 6.45) is 0. The Hall–Kier alpha value is -1.86. The molecule has 0 radical (unpaired) electrons. The second-order valence-electron chi connectivity index (χ2n) is 4.40. The zero-order chi connectivity index (χ0) is 14.0. The summed E-state index contributed by atoms with van der Waals surface area (Å²) in [5.74, 6) is -0.460. The van der Waals surface area contributed by atoms with Crippen molar-refractivity contribution in [3.05, 3.63) is 57.3 Å². The average Bonchev–Trinajstić information content (AvgIpc) is 2.34. The molecular weight excluding hydrogens is 307 g/mol. The highest BCUT2D eigenvalue weighted by molar-refractivity contribution is 9.10. The summed E-state index contributed by atoms with van der Waals surface area (Å²) in [6, 6.07) is 11.0. The molecule has 0 heterocycles. The lowest BCUT2D eigenvalue weighted by Crippen LogP contribution is -1.97. The van der Waals surface area contributed by atoms with Crippen molar-refractivity contribution in [1.29, 1.82) is 5.26 Å². The molecule has 0 aliphatic rings. The first-order valence-corrected chi connectivity index (χ1v) is 6.54. The molecule has 0 saturated heterocycles. The van der Waals surface area contributed by atoms with Gasteiger partial charge in [0.1, 0.15) is 6.07 Å². The van der Waals surface area contributed by atoms with E-state index in [1.807, 2.05) is 32.0 Å². The van der Waals surface area contributed by atoms with Crippen molar-refractivity contribution in [1.82, 2.24) is 0 Å². The summed E-state index contributed by atoms with van der Waals surface area (Å²) in [5.41, 5.74) is 3.67. The van der Waals surface area contributed by atoms with E-state index >= 15 is 0 Å². The van der Waals surface area contributed by atoms with Gasteiger partial charge in [-0.2, -0.15) is 5.26 Å². The van der Waals surface area contributed by atoms with Gasteiger partial charge in [0, 0.05) is 5.69 Å². The highest BCUT2D eigenvalue weighted by Crippen LogP contribution is 2.29. The molecule has 1 N–H and O–H groups in total. The van der Waals surface area contributed by atoms with Crippen LogP contribution in [0.25, 0.3) is 0 Å². The lowest BCUT2D eigenvalue weighted by Gasteiger charge is -2.11. The molecule has 0 unspecified atom stereocenters. The molecule has 2 aromatic rings. The quantitative estimate of drug-likeness (QED) is 0.861. The zero-order valence-electron chi connectivity index (χ0n) is 10.6. The van der Waals surface area contributed by atoms with E-state index in [1.165, 1.54) is 0 Å². The monoisotopic (exact) mass is 318 g/mol. The Kier molecular flexibility index (Phi) is 3.87. The van der Waals surface area contributed by atoms with E-state index in [1.54, 1.807) is 12.1 Å². The van der Waals surface area contributed by atoms with Crippen molar-refractivity contribution in [3.8, 4) is 6.07 Å². The maximum Gasteiger partial charge on any atom is 0.162 e. The molecular formula is C15H12BrFN2. The Morgan fingerprint density at radius 2 is 1.79 bits per heavy atom. The second kappa shape index (κ2) is 5.41. The summed E-state index contributed by atoms with van der Waals surface area (Å²) in [7, 11) is 0. The van der Waals surface area contributed by atoms with Gasteiger partial charge in [0.2, 0.25) is 0 Å². The Labute approximate surface area is 120 Å². The van der Waals surface area contributed by atoms with Crippen molar-refractivity contribution in [2.75, 3.05) is 5.32 Å². The number of hydrogen-bond acceptors (Lipinski definition) is 2. The van der Waals surface area contributed by atoms with E-state index in [0.717, 1.165) is 16.8 Å². The van der Waals surface area contributed by atoms with Crippen LogP contribution in [0.15, 0.2) is 34.8 Å². The fraction of sp³-hybridized carbons (Fsp3) is 0.133. The average molecular weight is 319 g/mol. The number of benzene rings is 2. The number of nitrogens with one attached hydrogen (secondary N) is 1. The molecule has 2 aromatic carbocycles. The molecule has 19 heavy (non-hydrogen) atoms. The number of rotatable bonds is 2. The van der Waals surface area contributed by atoms with Gasteiger partial charge in [0.15, 0.2) is 5.82 Å². The summed E-state index contributed by atoms with van der Waals surface area (Å²) >= 11 is 3.10. The van der Waals surface area contributed by atoms with Crippen LogP contribution in [0.1, 0.15) is 16.7 Å². The number of nitriles is 1.